The van der Waals surface area contributed by atoms with Gasteiger partial charge in [0, 0.05) is 24.4 Å². The molecule has 1 aromatic rings. The van der Waals surface area contributed by atoms with Crippen molar-refractivity contribution in [1.29, 1.82) is 0 Å². The topological polar surface area (TPSA) is 67.2 Å². The number of hydrogen-bond donors (Lipinski definition) is 2. The van der Waals surface area contributed by atoms with Crippen molar-refractivity contribution >= 4 is 5.91 Å². The van der Waals surface area contributed by atoms with E-state index >= 15 is 0 Å². The van der Waals surface area contributed by atoms with Gasteiger partial charge in [0.1, 0.15) is 5.76 Å². The van der Waals surface area contributed by atoms with Crippen molar-refractivity contribution in [3.05, 3.63) is 17.5 Å². The molecule has 0 unspecified atom stereocenters. The Morgan fingerprint density at radius 3 is 2.92 bits per heavy atom. The van der Waals surface area contributed by atoms with Gasteiger partial charge in [-0.3, -0.25) is 4.79 Å². The first-order valence-electron chi connectivity index (χ1n) is 9.33. The summed E-state index contributed by atoms with van der Waals surface area (Å²) in [5, 5.41) is 10.8. The van der Waals surface area contributed by atoms with Gasteiger partial charge in [0.15, 0.2) is 0 Å². The molecule has 1 aliphatic heterocycles. The zero-order valence-corrected chi connectivity index (χ0v) is 15.7. The van der Waals surface area contributed by atoms with Crippen molar-refractivity contribution in [1.82, 2.24) is 15.8 Å². The van der Waals surface area contributed by atoms with Gasteiger partial charge in [0.2, 0.25) is 5.91 Å². The van der Waals surface area contributed by atoms with E-state index in [1.807, 2.05) is 20.8 Å². The highest BCUT2D eigenvalue weighted by molar-refractivity contribution is 5.76. The lowest BCUT2D eigenvalue weighted by molar-refractivity contribution is -0.124. The summed E-state index contributed by atoms with van der Waals surface area (Å²) in [5.74, 6) is 1.99. The van der Waals surface area contributed by atoms with Crippen molar-refractivity contribution in [2.24, 2.45) is 11.8 Å². The summed E-state index contributed by atoms with van der Waals surface area (Å²) in [4.78, 5) is 12.3. The first kappa shape index (κ1) is 19.0. The summed E-state index contributed by atoms with van der Waals surface area (Å²) < 4.78 is 5.44. The van der Waals surface area contributed by atoms with Crippen LogP contribution in [0.1, 0.15) is 64.8 Å². The van der Waals surface area contributed by atoms with Crippen molar-refractivity contribution in [2.45, 2.75) is 71.8 Å². The standard InChI is InChI=1S/C19H33N3O2/c1-5-6-7-17-12-16(22-24-17)10-15-13-20-9-8-14(15)11-18(23)21-19(2,3)4/h12,14-15,20H,5-11,13H2,1-4H3,(H,21,23)/t14-,15-/m0/s1. The van der Waals surface area contributed by atoms with Crippen LogP contribution in [0.15, 0.2) is 10.6 Å². The summed E-state index contributed by atoms with van der Waals surface area (Å²) in [6.07, 6.45) is 5.79. The molecule has 0 radical (unpaired) electrons. The van der Waals surface area contributed by atoms with Gasteiger partial charge in [-0.15, -0.1) is 0 Å². The zero-order valence-electron chi connectivity index (χ0n) is 15.7. The molecule has 1 fully saturated rings. The van der Waals surface area contributed by atoms with Gasteiger partial charge in [0.05, 0.1) is 5.69 Å². The van der Waals surface area contributed by atoms with Crippen molar-refractivity contribution in [3.8, 4) is 0 Å². The second kappa shape index (κ2) is 8.65. The Bertz CT molecular complexity index is 519. The van der Waals surface area contributed by atoms with E-state index in [0.717, 1.165) is 56.6 Å². The van der Waals surface area contributed by atoms with Crippen molar-refractivity contribution in [3.63, 3.8) is 0 Å². The number of piperidine rings is 1. The Balaban J connectivity index is 1.91. The molecule has 24 heavy (non-hydrogen) atoms. The molecule has 1 aromatic heterocycles. The molecule has 136 valence electrons. The number of unbranched alkanes of at least 4 members (excludes halogenated alkanes) is 1. The monoisotopic (exact) mass is 335 g/mol. The number of hydrogen-bond acceptors (Lipinski definition) is 4. The molecule has 1 aliphatic rings. The van der Waals surface area contributed by atoms with E-state index in [-0.39, 0.29) is 11.4 Å². The number of aryl methyl sites for hydroxylation is 1. The second-order valence-corrected chi connectivity index (χ2v) is 8.11. The maximum Gasteiger partial charge on any atom is 0.220 e. The molecule has 1 amide bonds. The number of aromatic nitrogens is 1. The van der Waals surface area contributed by atoms with Crippen LogP contribution in [0.2, 0.25) is 0 Å². The lowest BCUT2D eigenvalue weighted by Gasteiger charge is -2.32. The van der Waals surface area contributed by atoms with Crippen molar-refractivity contribution < 1.29 is 9.32 Å². The SMILES string of the molecule is CCCCc1cc(C[C@H]2CNCC[C@H]2CC(=O)NC(C)(C)C)no1. The van der Waals surface area contributed by atoms with Crippen LogP contribution in [0.25, 0.3) is 0 Å². The third kappa shape index (κ3) is 6.27. The van der Waals surface area contributed by atoms with Crippen LogP contribution in [-0.4, -0.2) is 29.7 Å². The normalized spacial score (nSPS) is 21.7. The van der Waals surface area contributed by atoms with Crippen LogP contribution < -0.4 is 10.6 Å². The van der Waals surface area contributed by atoms with E-state index in [0.29, 0.717) is 18.3 Å². The average Bonchev–Trinajstić information content (AvgIpc) is 2.93. The third-order valence-corrected chi connectivity index (χ3v) is 4.58. The maximum atomic E-state index is 12.3. The number of nitrogens with zero attached hydrogens (tertiary/aromatic N) is 1. The Morgan fingerprint density at radius 1 is 1.42 bits per heavy atom. The summed E-state index contributed by atoms with van der Waals surface area (Å²) in [6, 6.07) is 2.09. The van der Waals surface area contributed by atoms with Crippen LogP contribution >= 0.6 is 0 Å². The summed E-state index contributed by atoms with van der Waals surface area (Å²) in [5.41, 5.74) is 0.857. The molecule has 5 nitrogen and oxygen atoms in total. The molecule has 2 heterocycles. The van der Waals surface area contributed by atoms with Gasteiger partial charge in [-0.25, -0.2) is 0 Å². The summed E-state index contributed by atoms with van der Waals surface area (Å²) >= 11 is 0. The number of carbonyl (C=O) groups excluding carboxylic acids is 1. The molecule has 0 spiro atoms. The first-order chi connectivity index (χ1) is 11.4. The second-order valence-electron chi connectivity index (χ2n) is 8.11. The van der Waals surface area contributed by atoms with Gasteiger partial charge >= 0.3 is 0 Å². The lowest BCUT2D eigenvalue weighted by Crippen LogP contribution is -2.44. The van der Waals surface area contributed by atoms with Gasteiger partial charge in [-0.2, -0.15) is 0 Å². The smallest absolute Gasteiger partial charge is 0.220 e. The van der Waals surface area contributed by atoms with Gasteiger partial charge in [0.25, 0.3) is 0 Å². The van der Waals surface area contributed by atoms with E-state index < -0.39 is 0 Å². The third-order valence-electron chi connectivity index (χ3n) is 4.58. The summed E-state index contributed by atoms with van der Waals surface area (Å²) in [7, 11) is 0. The minimum Gasteiger partial charge on any atom is -0.361 e. The highest BCUT2D eigenvalue weighted by Gasteiger charge is 2.29. The minimum atomic E-state index is -0.167. The van der Waals surface area contributed by atoms with Gasteiger partial charge < -0.3 is 15.2 Å². The number of amides is 1. The minimum absolute atomic E-state index is 0.156. The fourth-order valence-corrected chi connectivity index (χ4v) is 3.38. The quantitative estimate of drug-likeness (QED) is 0.803. The Hall–Kier alpha value is -1.36. The van der Waals surface area contributed by atoms with Crippen LogP contribution in [0, 0.1) is 11.8 Å². The Morgan fingerprint density at radius 2 is 2.21 bits per heavy atom. The molecule has 0 aliphatic carbocycles. The van der Waals surface area contributed by atoms with E-state index in [9.17, 15) is 4.79 Å². The molecule has 5 heteroatoms. The van der Waals surface area contributed by atoms with E-state index in [2.05, 4.69) is 28.8 Å². The van der Waals surface area contributed by atoms with Gasteiger partial charge in [-0.1, -0.05) is 18.5 Å². The predicted molar refractivity (Wildman–Crippen MR) is 95.8 cm³/mol. The molecule has 0 bridgehead atoms. The predicted octanol–water partition coefficient (Wildman–Crippen LogP) is 3.09. The maximum absolute atomic E-state index is 12.3. The van der Waals surface area contributed by atoms with Crippen LogP contribution in [0.5, 0.6) is 0 Å². The molecular formula is C19H33N3O2. The molecule has 0 saturated carbocycles. The van der Waals surface area contributed by atoms with E-state index in [1.165, 1.54) is 0 Å². The summed E-state index contributed by atoms with van der Waals surface area (Å²) in [6.45, 7) is 10.2. The van der Waals surface area contributed by atoms with E-state index in [4.69, 9.17) is 4.52 Å². The highest BCUT2D eigenvalue weighted by Crippen LogP contribution is 2.26. The van der Waals surface area contributed by atoms with E-state index in [1.54, 1.807) is 0 Å². The fourth-order valence-electron chi connectivity index (χ4n) is 3.38. The van der Waals surface area contributed by atoms with Crippen LogP contribution in [-0.2, 0) is 17.6 Å². The van der Waals surface area contributed by atoms with Crippen LogP contribution in [0.3, 0.4) is 0 Å². The molecule has 1 saturated heterocycles. The molecule has 0 aromatic carbocycles. The van der Waals surface area contributed by atoms with Gasteiger partial charge in [-0.05, 0) is 65.0 Å². The Kier molecular flexibility index (Phi) is 6.84. The molecule has 2 atom stereocenters. The zero-order chi connectivity index (χ0) is 17.6. The Labute approximate surface area is 145 Å². The molecule has 2 N–H and O–H groups in total. The highest BCUT2D eigenvalue weighted by atomic mass is 16.5. The largest absolute Gasteiger partial charge is 0.361 e. The average molecular weight is 335 g/mol. The van der Waals surface area contributed by atoms with Crippen molar-refractivity contribution in [2.75, 3.05) is 13.1 Å². The fraction of sp³-hybridized carbons (Fsp3) is 0.789. The number of carbonyl (C=O) groups is 1. The first-order valence-corrected chi connectivity index (χ1v) is 9.33. The number of nitrogens with one attached hydrogen (secondary N) is 2. The number of rotatable bonds is 7. The molecular weight excluding hydrogens is 302 g/mol. The molecule has 2 rings (SSSR count). The lowest BCUT2D eigenvalue weighted by atomic mass is 9.81. The van der Waals surface area contributed by atoms with Crippen LogP contribution in [0.4, 0.5) is 0 Å².